The monoisotopic (exact) mass is 844 g/mol. The summed E-state index contributed by atoms with van der Waals surface area (Å²) in [4.78, 5) is 0. The summed E-state index contributed by atoms with van der Waals surface area (Å²) in [6.07, 6.45) is 0. The molecule has 0 nitrogen and oxygen atoms in total. The highest BCUT2D eigenvalue weighted by Crippen LogP contribution is 2.55. The first kappa shape index (κ1) is 35.9. The molecule has 12 aromatic carbocycles. The van der Waals surface area contributed by atoms with Crippen molar-refractivity contribution in [3.8, 4) is 44.5 Å². The summed E-state index contributed by atoms with van der Waals surface area (Å²) in [5.41, 5.74) is 10.2. The molecule has 0 bridgehead atoms. The summed E-state index contributed by atoms with van der Waals surface area (Å²) in [5, 5.41) is 18.1. The van der Waals surface area contributed by atoms with E-state index < -0.39 is 0 Å². The van der Waals surface area contributed by atoms with Gasteiger partial charge < -0.3 is 0 Å². The molecule has 2 heterocycles. The summed E-state index contributed by atoms with van der Waals surface area (Å²) in [5.74, 6) is 0. The fourth-order valence-corrected chi connectivity index (χ4v) is 13.5. The maximum absolute atomic E-state index is 2.56. The Kier molecular flexibility index (Phi) is 7.83. The van der Waals surface area contributed by atoms with Crippen molar-refractivity contribution in [2.45, 2.75) is 0 Å². The topological polar surface area (TPSA) is 0 Å². The van der Waals surface area contributed by atoms with Crippen molar-refractivity contribution in [1.82, 2.24) is 0 Å². The zero-order valence-corrected chi connectivity index (χ0v) is 36.2. The van der Waals surface area contributed by atoms with E-state index in [0.717, 1.165) is 0 Å². The molecule has 14 rings (SSSR count). The fraction of sp³-hybridized carbons (Fsp3) is 0. The maximum Gasteiger partial charge on any atom is 0.0440 e. The predicted molar refractivity (Wildman–Crippen MR) is 281 cm³/mol. The number of hydrogen-bond acceptors (Lipinski definition) is 2. The molecule has 0 saturated heterocycles. The molecular formula is C62H36S2. The highest BCUT2D eigenvalue weighted by Gasteiger charge is 2.26. The third-order valence-electron chi connectivity index (χ3n) is 13.6. The normalized spacial score (nSPS) is 12.1. The SMILES string of the molecule is c1ccc(-c2c3ccccc3c(-c3cc4cc(-c5c6ccccc6c(-c6ccccc6)c6ccccc56)c5sc6ccccc6c5c4c4c3sc3ccccc34)c3ccccc23)cc1. The van der Waals surface area contributed by atoms with Gasteiger partial charge in [0.2, 0.25) is 0 Å². The van der Waals surface area contributed by atoms with E-state index in [2.05, 4.69) is 218 Å². The van der Waals surface area contributed by atoms with Crippen LogP contribution in [-0.2, 0) is 0 Å². The maximum atomic E-state index is 2.56. The number of fused-ring (bicyclic) bond motifs is 13. The Balaban J connectivity index is 1.20. The van der Waals surface area contributed by atoms with Crippen molar-refractivity contribution in [1.29, 1.82) is 0 Å². The zero-order chi connectivity index (χ0) is 41.9. The van der Waals surface area contributed by atoms with Crippen LogP contribution in [0, 0.1) is 0 Å². The summed E-state index contributed by atoms with van der Waals surface area (Å²) in [6, 6.07) is 81.5. The van der Waals surface area contributed by atoms with Crippen molar-refractivity contribution < 1.29 is 0 Å². The van der Waals surface area contributed by atoms with E-state index in [-0.39, 0.29) is 0 Å². The van der Waals surface area contributed by atoms with E-state index in [0.29, 0.717) is 0 Å². The molecule has 0 spiro atoms. The molecule has 0 unspecified atom stereocenters. The van der Waals surface area contributed by atoms with E-state index in [1.165, 1.54) is 139 Å². The van der Waals surface area contributed by atoms with Gasteiger partial charge in [-0.1, -0.05) is 194 Å². The van der Waals surface area contributed by atoms with Gasteiger partial charge in [0.15, 0.2) is 0 Å². The number of benzene rings is 12. The Labute approximate surface area is 377 Å². The van der Waals surface area contributed by atoms with Gasteiger partial charge in [-0.05, 0) is 106 Å². The molecule has 0 saturated carbocycles. The van der Waals surface area contributed by atoms with Crippen molar-refractivity contribution in [2.75, 3.05) is 0 Å². The van der Waals surface area contributed by atoms with Crippen molar-refractivity contribution in [3.05, 3.63) is 218 Å². The van der Waals surface area contributed by atoms with Crippen LogP contribution in [0.4, 0.5) is 0 Å². The standard InChI is InChI=1S/C62H36S2/c1-3-19-37(20-4-1)54-40-23-7-11-27-44(40)57(45-28-12-8-24-41(45)54)50-35-39-36-51(58-46-29-13-9-25-42(46)55(38-21-5-2-6-22-38)43-26-10-14-30-47(43)58)62-60(49-32-16-18-34-53(49)64-62)56(39)59-48-31-15-17-33-52(48)63-61(50)59/h1-36H. The molecule has 14 aromatic rings. The molecular weight excluding hydrogens is 809 g/mol. The Hall–Kier alpha value is -7.62. The lowest BCUT2D eigenvalue weighted by molar-refractivity contribution is 1.67. The molecule has 0 aliphatic heterocycles. The van der Waals surface area contributed by atoms with Crippen LogP contribution in [0.5, 0.6) is 0 Å². The van der Waals surface area contributed by atoms with Crippen molar-refractivity contribution >= 4 is 117 Å². The Morgan fingerprint density at radius 2 is 0.516 bits per heavy atom. The average molecular weight is 845 g/mol. The van der Waals surface area contributed by atoms with Gasteiger partial charge in [0.1, 0.15) is 0 Å². The highest BCUT2D eigenvalue weighted by molar-refractivity contribution is 7.27. The van der Waals surface area contributed by atoms with Crippen LogP contribution < -0.4 is 0 Å². The van der Waals surface area contributed by atoms with Crippen LogP contribution in [0.25, 0.3) is 139 Å². The Morgan fingerprint density at radius 1 is 0.234 bits per heavy atom. The van der Waals surface area contributed by atoms with Crippen LogP contribution in [-0.4, -0.2) is 0 Å². The largest absolute Gasteiger partial charge is 0.135 e. The predicted octanol–water partition coefficient (Wildman–Crippen LogP) is 18.9. The van der Waals surface area contributed by atoms with Crippen LogP contribution in [0.15, 0.2) is 218 Å². The van der Waals surface area contributed by atoms with Crippen LogP contribution in [0.2, 0.25) is 0 Å². The third-order valence-corrected chi connectivity index (χ3v) is 16.0. The number of rotatable bonds is 4. The highest BCUT2D eigenvalue weighted by atomic mass is 32.1. The minimum atomic E-state index is 1.24. The minimum absolute atomic E-state index is 1.24. The van der Waals surface area contributed by atoms with Gasteiger partial charge >= 0.3 is 0 Å². The molecule has 64 heavy (non-hydrogen) atoms. The van der Waals surface area contributed by atoms with Crippen LogP contribution in [0.1, 0.15) is 0 Å². The smallest absolute Gasteiger partial charge is 0.0440 e. The van der Waals surface area contributed by atoms with E-state index in [1.807, 2.05) is 22.7 Å². The summed E-state index contributed by atoms with van der Waals surface area (Å²) < 4.78 is 5.30. The van der Waals surface area contributed by atoms with Gasteiger partial charge in [-0.15, -0.1) is 22.7 Å². The third kappa shape index (κ3) is 5.10. The van der Waals surface area contributed by atoms with Gasteiger partial charge in [0, 0.05) is 56.9 Å². The molecule has 0 aliphatic carbocycles. The summed E-state index contributed by atoms with van der Waals surface area (Å²) >= 11 is 3.88. The van der Waals surface area contributed by atoms with Crippen molar-refractivity contribution in [3.63, 3.8) is 0 Å². The van der Waals surface area contributed by atoms with E-state index >= 15 is 0 Å². The van der Waals surface area contributed by atoms with Gasteiger partial charge in [-0.25, -0.2) is 0 Å². The number of hydrogen-bond donors (Lipinski definition) is 0. The second kappa shape index (κ2) is 13.9. The molecule has 2 heteroatoms. The molecule has 0 radical (unpaired) electrons. The van der Waals surface area contributed by atoms with E-state index in [4.69, 9.17) is 0 Å². The van der Waals surface area contributed by atoms with Crippen molar-refractivity contribution in [2.24, 2.45) is 0 Å². The van der Waals surface area contributed by atoms with Gasteiger partial charge in [-0.3, -0.25) is 0 Å². The Morgan fingerprint density at radius 3 is 0.859 bits per heavy atom. The van der Waals surface area contributed by atoms with Gasteiger partial charge in [0.25, 0.3) is 0 Å². The Bertz CT molecular complexity index is 3840. The molecule has 2 aromatic heterocycles. The lowest BCUT2D eigenvalue weighted by atomic mass is 9.83. The quantitative estimate of drug-likeness (QED) is 0.155. The summed E-state index contributed by atoms with van der Waals surface area (Å²) in [6.45, 7) is 0. The molecule has 0 N–H and O–H groups in total. The summed E-state index contributed by atoms with van der Waals surface area (Å²) in [7, 11) is 0. The lowest BCUT2D eigenvalue weighted by Crippen LogP contribution is -1.93. The lowest BCUT2D eigenvalue weighted by Gasteiger charge is -2.20. The second-order valence-electron chi connectivity index (χ2n) is 17.0. The van der Waals surface area contributed by atoms with E-state index in [1.54, 1.807) is 0 Å². The fourth-order valence-electron chi connectivity index (χ4n) is 11.0. The second-order valence-corrected chi connectivity index (χ2v) is 19.1. The zero-order valence-electron chi connectivity index (χ0n) is 34.6. The molecule has 0 fully saturated rings. The minimum Gasteiger partial charge on any atom is -0.135 e. The molecule has 0 aliphatic rings. The first-order valence-electron chi connectivity index (χ1n) is 22.0. The van der Waals surface area contributed by atoms with Crippen LogP contribution in [0.3, 0.4) is 0 Å². The number of thiophene rings is 2. The molecule has 0 amide bonds. The van der Waals surface area contributed by atoms with Gasteiger partial charge in [-0.2, -0.15) is 0 Å². The van der Waals surface area contributed by atoms with Gasteiger partial charge in [0.05, 0.1) is 0 Å². The first-order chi connectivity index (χ1) is 31.8. The average Bonchev–Trinajstić information content (AvgIpc) is 3.95. The molecule has 296 valence electrons. The van der Waals surface area contributed by atoms with E-state index in [9.17, 15) is 0 Å². The molecule has 0 atom stereocenters. The van der Waals surface area contributed by atoms with Crippen LogP contribution >= 0.6 is 22.7 Å². The first-order valence-corrected chi connectivity index (χ1v) is 23.6.